The van der Waals surface area contributed by atoms with Gasteiger partial charge in [-0.3, -0.25) is 19.5 Å². The number of nitro benzene ring substituents is 1. The quantitative estimate of drug-likeness (QED) is 0.254. The van der Waals surface area contributed by atoms with E-state index < -0.39 is 4.92 Å². The third-order valence-corrected chi connectivity index (χ3v) is 6.48. The summed E-state index contributed by atoms with van der Waals surface area (Å²) in [6.45, 7) is 0. The molecule has 4 aromatic rings. The molecule has 0 aliphatic heterocycles. The lowest BCUT2D eigenvalue weighted by atomic mass is 10.1. The summed E-state index contributed by atoms with van der Waals surface area (Å²) in [5.41, 5.74) is 2.64. The number of nitro groups is 1. The molecule has 0 saturated heterocycles. The van der Waals surface area contributed by atoms with Crippen molar-refractivity contribution in [1.29, 1.82) is 0 Å². The van der Waals surface area contributed by atoms with Crippen LogP contribution in [-0.4, -0.2) is 43.4 Å². The Bertz CT molecular complexity index is 1310. The maximum absolute atomic E-state index is 12.8. The van der Waals surface area contributed by atoms with E-state index in [0.717, 1.165) is 40.3 Å². The molecule has 0 radical (unpaired) electrons. The van der Waals surface area contributed by atoms with Crippen LogP contribution in [0.2, 0.25) is 0 Å². The molecule has 2 aromatic carbocycles. The van der Waals surface area contributed by atoms with Gasteiger partial charge in [0, 0.05) is 53.6 Å². The van der Waals surface area contributed by atoms with E-state index in [1.165, 1.54) is 28.8 Å². The molecular weight excluding hydrogens is 428 g/mol. The average Bonchev–Trinajstić information content (AvgIpc) is 3.42. The number of carbonyl (C=O) groups excluding carboxylic acids is 1. The zero-order valence-electron chi connectivity index (χ0n) is 17.3. The number of aromatic nitrogens is 4. The van der Waals surface area contributed by atoms with E-state index in [-0.39, 0.29) is 17.3 Å². The van der Waals surface area contributed by atoms with E-state index in [9.17, 15) is 14.9 Å². The number of anilines is 1. The van der Waals surface area contributed by atoms with Crippen LogP contribution in [0.3, 0.4) is 0 Å². The Morgan fingerprint density at radius 1 is 1.22 bits per heavy atom. The second kappa shape index (κ2) is 8.12. The number of fused-ring (bicyclic) bond motifs is 1. The molecular formula is C22H20N6O3S. The standard InChI is InChI=1S/C22H20N6O3S/c1-26(14-6-10-16(11-7-14)28(30)31)20(29)13-32-22-25-24-21(27(22)15-8-9-15)18-12-23-19-5-3-2-4-17(18)19/h2-7,10-12,15,23H,8-9,13H2,1H3. The van der Waals surface area contributed by atoms with Crippen molar-refractivity contribution in [3.8, 4) is 11.4 Å². The molecule has 2 heterocycles. The second-order valence-corrected chi connectivity index (χ2v) is 8.61. The molecule has 32 heavy (non-hydrogen) atoms. The molecule has 1 amide bonds. The lowest BCUT2D eigenvalue weighted by Crippen LogP contribution is -2.28. The van der Waals surface area contributed by atoms with E-state index in [0.29, 0.717) is 11.7 Å². The summed E-state index contributed by atoms with van der Waals surface area (Å²) < 4.78 is 2.14. The van der Waals surface area contributed by atoms with Gasteiger partial charge in [-0.25, -0.2) is 0 Å². The van der Waals surface area contributed by atoms with Crippen LogP contribution in [0.1, 0.15) is 18.9 Å². The van der Waals surface area contributed by atoms with Crippen molar-refractivity contribution >= 4 is 39.9 Å². The van der Waals surface area contributed by atoms with Crippen LogP contribution < -0.4 is 4.90 Å². The number of hydrogen-bond donors (Lipinski definition) is 1. The summed E-state index contributed by atoms with van der Waals surface area (Å²) in [5.74, 6) is 0.873. The van der Waals surface area contributed by atoms with Crippen molar-refractivity contribution in [3.05, 3.63) is 64.8 Å². The molecule has 1 aliphatic rings. The molecule has 0 spiro atoms. The highest BCUT2D eigenvalue weighted by Gasteiger charge is 2.31. The van der Waals surface area contributed by atoms with E-state index in [2.05, 4.69) is 25.8 Å². The third kappa shape index (κ3) is 3.73. The number of carbonyl (C=O) groups is 1. The number of H-pyrrole nitrogens is 1. The third-order valence-electron chi connectivity index (χ3n) is 5.55. The summed E-state index contributed by atoms with van der Waals surface area (Å²) in [7, 11) is 1.66. The maximum Gasteiger partial charge on any atom is 0.269 e. The lowest BCUT2D eigenvalue weighted by molar-refractivity contribution is -0.384. The van der Waals surface area contributed by atoms with Crippen LogP contribution >= 0.6 is 11.8 Å². The van der Waals surface area contributed by atoms with Crippen LogP contribution in [0.25, 0.3) is 22.3 Å². The average molecular weight is 449 g/mol. The molecule has 1 saturated carbocycles. The van der Waals surface area contributed by atoms with Gasteiger partial charge in [0.05, 0.1) is 10.7 Å². The number of amides is 1. The molecule has 0 bridgehead atoms. The van der Waals surface area contributed by atoms with Gasteiger partial charge in [0.2, 0.25) is 5.91 Å². The largest absolute Gasteiger partial charge is 0.360 e. The zero-order chi connectivity index (χ0) is 22.2. The van der Waals surface area contributed by atoms with Gasteiger partial charge in [-0.1, -0.05) is 30.0 Å². The molecule has 2 aromatic heterocycles. The second-order valence-electron chi connectivity index (χ2n) is 7.67. The topological polar surface area (TPSA) is 110 Å². The van der Waals surface area contributed by atoms with Crippen molar-refractivity contribution < 1.29 is 9.72 Å². The van der Waals surface area contributed by atoms with Crippen molar-refractivity contribution in [3.63, 3.8) is 0 Å². The summed E-state index contributed by atoms with van der Waals surface area (Å²) in [4.78, 5) is 27.9. The molecule has 1 aliphatic carbocycles. The van der Waals surface area contributed by atoms with Gasteiger partial charge in [0.25, 0.3) is 5.69 Å². The highest BCUT2D eigenvalue weighted by atomic mass is 32.2. The summed E-state index contributed by atoms with van der Waals surface area (Å²) in [5, 5.41) is 21.5. The number of hydrogen-bond acceptors (Lipinski definition) is 6. The smallest absolute Gasteiger partial charge is 0.269 e. The Morgan fingerprint density at radius 3 is 2.69 bits per heavy atom. The van der Waals surface area contributed by atoms with Crippen LogP contribution in [-0.2, 0) is 4.79 Å². The Labute approximate surface area is 187 Å². The Hall–Kier alpha value is -3.66. The van der Waals surface area contributed by atoms with Crippen molar-refractivity contribution in [2.24, 2.45) is 0 Å². The molecule has 162 valence electrons. The number of non-ortho nitro benzene ring substituents is 1. The minimum absolute atomic E-state index is 0.00804. The number of para-hydroxylation sites is 1. The zero-order valence-corrected chi connectivity index (χ0v) is 18.1. The van der Waals surface area contributed by atoms with Gasteiger partial charge in [-0.05, 0) is 31.0 Å². The van der Waals surface area contributed by atoms with Crippen molar-refractivity contribution in [1.82, 2.24) is 19.7 Å². The van der Waals surface area contributed by atoms with Crippen molar-refractivity contribution in [2.75, 3.05) is 17.7 Å². The Morgan fingerprint density at radius 2 is 1.97 bits per heavy atom. The highest BCUT2D eigenvalue weighted by Crippen LogP contribution is 2.42. The summed E-state index contributed by atoms with van der Waals surface area (Å²) in [6.07, 6.45) is 4.09. The number of nitrogens with one attached hydrogen (secondary N) is 1. The predicted octanol–water partition coefficient (Wildman–Crippen LogP) is 4.42. The van der Waals surface area contributed by atoms with Crippen LogP contribution in [0.4, 0.5) is 11.4 Å². The van der Waals surface area contributed by atoms with Gasteiger partial charge in [0.15, 0.2) is 11.0 Å². The van der Waals surface area contributed by atoms with Crippen LogP contribution in [0.5, 0.6) is 0 Å². The first-order valence-electron chi connectivity index (χ1n) is 10.2. The summed E-state index contributed by atoms with van der Waals surface area (Å²) >= 11 is 1.36. The number of nitrogens with zero attached hydrogens (tertiary/aromatic N) is 5. The monoisotopic (exact) mass is 448 g/mol. The molecule has 5 rings (SSSR count). The molecule has 1 fully saturated rings. The van der Waals surface area contributed by atoms with Gasteiger partial charge in [-0.15, -0.1) is 10.2 Å². The van der Waals surface area contributed by atoms with E-state index in [4.69, 9.17) is 0 Å². The molecule has 10 heteroatoms. The molecule has 0 atom stereocenters. The fourth-order valence-electron chi connectivity index (χ4n) is 3.64. The van der Waals surface area contributed by atoms with Crippen LogP contribution in [0, 0.1) is 10.1 Å². The minimum atomic E-state index is -0.461. The van der Waals surface area contributed by atoms with E-state index >= 15 is 0 Å². The fourth-order valence-corrected chi connectivity index (χ4v) is 4.56. The van der Waals surface area contributed by atoms with E-state index in [1.54, 1.807) is 19.2 Å². The lowest BCUT2D eigenvalue weighted by Gasteiger charge is -2.17. The van der Waals surface area contributed by atoms with Gasteiger partial charge in [-0.2, -0.15) is 0 Å². The maximum atomic E-state index is 12.8. The van der Waals surface area contributed by atoms with Crippen LogP contribution in [0.15, 0.2) is 59.9 Å². The number of thioether (sulfide) groups is 1. The first kappa shape index (κ1) is 20.3. The highest BCUT2D eigenvalue weighted by molar-refractivity contribution is 7.99. The SMILES string of the molecule is CN(C(=O)CSc1nnc(-c2c[nH]c3ccccc23)n1C1CC1)c1ccc([N+](=O)[O-])cc1. The van der Waals surface area contributed by atoms with Crippen molar-refractivity contribution in [2.45, 2.75) is 24.0 Å². The van der Waals surface area contributed by atoms with E-state index in [1.807, 2.05) is 24.4 Å². The number of aromatic amines is 1. The fraction of sp³-hybridized carbons (Fsp3) is 0.227. The first-order valence-corrected chi connectivity index (χ1v) is 11.2. The number of rotatable bonds is 7. The van der Waals surface area contributed by atoms with Gasteiger partial charge < -0.3 is 9.88 Å². The predicted molar refractivity (Wildman–Crippen MR) is 123 cm³/mol. The minimum Gasteiger partial charge on any atom is -0.360 e. The first-order chi connectivity index (χ1) is 15.5. The molecule has 1 N–H and O–H groups in total. The summed E-state index contributed by atoms with van der Waals surface area (Å²) in [6, 6.07) is 14.3. The normalized spacial score (nSPS) is 13.4. The Balaban J connectivity index is 1.35. The molecule has 0 unspecified atom stereocenters. The molecule has 9 nitrogen and oxygen atoms in total. The van der Waals surface area contributed by atoms with Gasteiger partial charge in [0.1, 0.15) is 0 Å². The number of benzene rings is 2. The Kier molecular flexibility index (Phi) is 5.14. The van der Waals surface area contributed by atoms with Gasteiger partial charge >= 0.3 is 0 Å².